The van der Waals surface area contributed by atoms with Gasteiger partial charge in [-0.2, -0.15) is 10.2 Å². The smallest absolute Gasteiger partial charge is 0.269 e. The van der Waals surface area contributed by atoms with Crippen molar-refractivity contribution >= 4 is 27.2 Å². The quantitative estimate of drug-likeness (QED) is 0.710. The van der Waals surface area contributed by atoms with Crippen molar-refractivity contribution in [3.05, 3.63) is 53.3 Å². The first kappa shape index (κ1) is 16.2. The Hall–Kier alpha value is -2.70. The third-order valence-electron chi connectivity index (χ3n) is 3.21. The van der Waals surface area contributed by atoms with Gasteiger partial charge >= 0.3 is 0 Å². The first-order chi connectivity index (χ1) is 11.4. The summed E-state index contributed by atoms with van der Waals surface area (Å²) in [6.45, 7) is 0. The van der Waals surface area contributed by atoms with Crippen molar-refractivity contribution in [3.8, 4) is 16.8 Å². The number of hydrogen-bond acceptors (Lipinski definition) is 6. The van der Waals surface area contributed by atoms with Crippen LogP contribution < -0.4 is 4.31 Å². The van der Waals surface area contributed by atoms with E-state index in [1.54, 1.807) is 23.6 Å². The Kier molecular flexibility index (Phi) is 4.09. The minimum Gasteiger partial charge on any atom is -0.417 e. The molecule has 0 aliphatic rings. The Morgan fingerprint density at radius 3 is 2.67 bits per heavy atom. The van der Waals surface area contributed by atoms with E-state index in [0.29, 0.717) is 9.18 Å². The van der Waals surface area contributed by atoms with E-state index in [2.05, 4.69) is 4.98 Å². The van der Waals surface area contributed by atoms with Crippen molar-refractivity contribution in [1.29, 1.82) is 5.26 Å². The molecule has 0 saturated carbocycles. The average Bonchev–Trinajstić information content (AvgIpc) is 3.23. The number of anilines is 1. The highest BCUT2D eigenvalue weighted by Crippen LogP contribution is 2.32. The molecule has 0 atom stereocenters. The number of hydrogen-bond donors (Lipinski definition) is 0. The fraction of sp³-hybridized carbons (Fsp3) is 0.0667. The molecule has 24 heavy (non-hydrogen) atoms. The van der Waals surface area contributed by atoms with E-state index < -0.39 is 20.7 Å². The molecule has 0 saturated heterocycles. The molecular formula is C15H10FN3O3S2. The summed E-state index contributed by atoms with van der Waals surface area (Å²) in [5, 5.41) is 11.0. The minimum absolute atomic E-state index is 0.132. The van der Waals surface area contributed by atoms with Gasteiger partial charge in [-0.15, -0.1) is 11.3 Å². The highest BCUT2D eigenvalue weighted by molar-refractivity contribution is 7.92. The topological polar surface area (TPSA) is 87.2 Å². The van der Waals surface area contributed by atoms with Crippen LogP contribution in [0.5, 0.6) is 0 Å². The van der Waals surface area contributed by atoms with Crippen molar-refractivity contribution < 1.29 is 17.2 Å². The van der Waals surface area contributed by atoms with E-state index in [0.717, 1.165) is 12.1 Å². The van der Waals surface area contributed by atoms with E-state index >= 15 is 0 Å². The van der Waals surface area contributed by atoms with Crippen LogP contribution >= 0.6 is 11.3 Å². The third-order valence-corrected chi connectivity index (χ3v) is 5.84. The summed E-state index contributed by atoms with van der Waals surface area (Å²) in [5.41, 5.74) is -0.194. The van der Waals surface area contributed by atoms with Gasteiger partial charge in [0.05, 0.1) is 4.88 Å². The van der Waals surface area contributed by atoms with E-state index in [9.17, 15) is 18.1 Å². The van der Waals surface area contributed by atoms with Gasteiger partial charge in [-0.05, 0) is 23.6 Å². The summed E-state index contributed by atoms with van der Waals surface area (Å²) >= 11 is 1.33. The maximum absolute atomic E-state index is 13.9. The predicted octanol–water partition coefficient (Wildman–Crippen LogP) is 3.24. The molecule has 3 rings (SSSR count). The van der Waals surface area contributed by atoms with Crippen molar-refractivity contribution in [2.75, 3.05) is 11.4 Å². The minimum atomic E-state index is -4.23. The Bertz CT molecular complexity index is 1020. The molecule has 2 aromatic heterocycles. The molecule has 0 aliphatic heterocycles. The zero-order valence-electron chi connectivity index (χ0n) is 12.3. The van der Waals surface area contributed by atoms with Crippen LogP contribution in [0.4, 0.5) is 10.3 Å². The SMILES string of the molecule is CN(c1oc(-c2cccs2)nc1C#N)S(=O)(=O)c1ccccc1F. The number of sulfonamides is 1. The lowest BCUT2D eigenvalue weighted by Crippen LogP contribution is -2.27. The number of aromatic nitrogens is 1. The van der Waals surface area contributed by atoms with Gasteiger partial charge in [-0.25, -0.2) is 17.1 Å². The molecule has 0 amide bonds. The standard InChI is InChI=1S/C15H10FN3O3S2/c1-19(24(20,21)13-7-3-2-5-10(13)16)15-11(9-17)18-14(22-15)12-6-4-8-23-12/h2-8H,1H3. The number of benzene rings is 1. The van der Waals surface area contributed by atoms with Gasteiger partial charge in [0, 0.05) is 7.05 Å². The molecule has 1 aromatic carbocycles. The molecule has 0 spiro atoms. The van der Waals surface area contributed by atoms with Crippen LogP contribution in [-0.2, 0) is 10.0 Å². The van der Waals surface area contributed by atoms with Crippen molar-refractivity contribution in [2.45, 2.75) is 4.90 Å². The molecule has 0 N–H and O–H groups in total. The van der Waals surface area contributed by atoms with Gasteiger partial charge < -0.3 is 4.42 Å². The molecule has 6 nitrogen and oxygen atoms in total. The van der Waals surface area contributed by atoms with Crippen LogP contribution in [0, 0.1) is 17.1 Å². The van der Waals surface area contributed by atoms with Crippen molar-refractivity contribution in [2.24, 2.45) is 0 Å². The summed E-state index contributed by atoms with van der Waals surface area (Å²) in [6, 6.07) is 10.3. The molecule has 122 valence electrons. The van der Waals surface area contributed by atoms with E-state index in [4.69, 9.17) is 4.42 Å². The number of nitrogens with zero attached hydrogens (tertiary/aromatic N) is 3. The van der Waals surface area contributed by atoms with Crippen LogP contribution in [-0.4, -0.2) is 20.4 Å². The third kappa shape index (κ3) is 2.66. The largest absolute Gasteiger partial charge is 0.417 e. The van der Waals surface area contributed by atoms with Gasteiger partial charge in [0.2, 0.25) is 17.5 Å². The number of nitriles is 1. The second kappa shape index (κ2) is 6.07. The van der Waals surface area contributed by atoms with Gasteiger partial charge in [-0.3, -0.25) is 0 Å². The average molecular weight is 363 g/mol. The van der Waals surface area contributed by atoms with Crippen LogP contribution in [0.3, 0.4) is 0 Å². The Labute approximate surface area is 141 Å². The molecule has 2 heterocycles. The Balaban J connectivity index is 2.09. The van der Waals surface area contributed by atoms with E-state index in [1.807, 2.05) is 0 Å². The summed E-state index contributed by atoms with van der Waals surface area (Å²) in [4.78, 5) is 4.14. The van der Waals surface area contributed by atoms with Crippen LogP contribution in [0.1, 0.15) is 5.69 Å². The molecule has 9 heteroatoms. The van der Waals surface area contributed by atoms with Crippen LogP contribution in [0.25, 0.3) is 10.8 Å². The molecule has 0 aliphatic carbocycles. The highest BCUT2D eigenvalue weighted by Gasteiger charge is 2.30. The molecular weight excluding hydrogens is 353 g/mol. The zero-order chi connectivity index (χ0) is 17.3. The van der Waals surface area contributed by atoms with Gasteiger partial charge in [0.25, 0.3) is 10.0 Å². The summed E-state index contributed by atoms with van der Waals surface area (Å²) in [7, 11) is -3.05. The highest BCUT2D eigenvalue weighted by atomic mass is 32.2. The van der Waals surface area contributed by atoms with E-state index in [-0.39, 0.29) is 17.5 Å². The monoisotopic (exact) mass is 363 g/mol. The van der Waals surface area contributed by atoms with Crippen molar-refractivity contribution in [1.82, 2.24) is 4.98 Å². The second-order valence-electron chi connectivity index (χ2n) is 4.66. The summed E-state index contributed by atoms with van der Waals surface area (Å²) < 4.78 is 45.3. The molecule has 0 radical (unpaired) electrons. The number of oxazole rings is 1. The molecule has 0 unspecified atom stereocenters. The molecule has 0 fully saturated rings. The lowest BCUT2D eigenvalue weighted by Gasteiger charge is -2.16. The lowest BCUT2D eigenvalue weighted by molar-refractivity contribution is 0.552. The second-order valence-corrected chi connectivity index (χ2v) is 7.55. The number of halogens is 1. The number of rotatable bonds is 4. The maximum Gasteiger partial charge on any atom is 0.269 e. The summed E-state index contributed by atoms with van der Waals surface area (Å²) in [6.07, 6.45) is 0. The first-order valence-electron chi connectivity index (χ1n) is 6.63. The normalized spacial score (nSPS) is 11.2. The number of thiophene rings is 1. The Morgan fingerprint density at radius 1 is 1.29 bits per heavy atom. The Morgan fingerprint density at radius 2 is 2.04 bits per heavy atom. The fourth-order valence-corrected chi connectivity index (χ4v) is 3.87. The molecule has 0 bridgehead atoms. The molecule has 3 aromatic rings. The predicted molar refractivity (Wildman–Crippen MR) is 86.5 cm³/mol. The summed E-state index contributed by atoms with van der Waals surface area (Å²) in [5.74, 6) is -1.02. The first-order valence-corrected chi connectivity index (χ1v) is 8.95. The maximum atomic E-state index is 13.9. The zero-order valence-corrected chi connectivity index (χ0v) is 13.9. The van der Waals surface area contributed by atoms with Gasteiger partial charge in [-0.1, -0.05) is 18.2 Å². The van der Waals surface area contributed by atoms with Crippen LogP contribution in [0.15, 0.2) is 51.1 Å². The van der Waals surface area contributed by atoms with Crippen LogP contribution in [0.2, 0.25) is 0 Å². The fourth-order valence-electron chi connectivity index (χ4n) is 2.01. The van der Waals surface area contributed by atoms with Gasteiger partial charge in [0.1, 0.15) is 16.8 Å². The van der Waals surface area contributed by atoms with Gasteiger partial charge in [0.15, 0.2) is 0 Å². The van der Waals surface area contributed by atoms with E-state index in [1.165, 1.54) is 30.5 Å². The lowest BCUT2D eigenvalue weighted by atomic mass is 10.4. The van der Waals surface area contributed by atoms with Crippen molar-refractivity contribution in [3.63, 3.8) is 0 Å².